The van der Waals surface area contributed by atoms with E-state index in [1.807, 2.05) is 13.0 Å². The summed E-state index contributed by atoms with van der Waals surface area (Å²) in [6.07, 6.45) is 1.87. The molecule has 2 rings (SSSR count). The monoisotopic (exact) mass is 303 g/mol. The van der Waals surface area contributed by atoms with E-state index in [0.29, 0.717) is 10.0 Å². The molecule has 0 saturated carbocycles. The number of piperidine rings is 1. The summed E-state index contributed by atoms with van der Waals surface area (Å²) >= 11 is 11.8. The first kappa shape index (κ1) is 14.9. The molecule has 1 atom stereocenters. The van der Waals surface area contributed by atoms with Crippen molar-refractivity contribution < 1.29 is 9.84 Å². The second kappa shape index (κ2) is 6.80. The van der Waals surface area contributed by atoms with E-state index in [1.54, 1.807) is 12.1 Å². The van der Waals surface area contributed by atoms with Gasteiger partial charge in [-0.1, -0.05) is 23.2 Å². The lowest BCUT2D eigenvalue weighted by atomic mass is 10.1. The van der Waals surface area contributed by atoms with Gasteiger partial charge in [0.1, 0.15) is 11.9 Å². The van der Waals surface area contributed by atoms with Crippen LogP contribution in [0.2, 0.25) is 10.0 Å². The van der Waals surface area contributed by atoms with Crippen LogP contribution in [0.5, 0.6) is 5.75 Å². The molecule has 1 heterocycles. The molecule has 1 aliphatic rings. The number of ether oxygens (including phenoxy) is 1. The van der Waals surface area contributed by atoms with Crippen molar-refractivity contribution in [2.75, 3.05) is 19.6 Å². The number of nitrogens with zero attached hydrogens (tertiary/aromatic N) is 1. The lowest BCUT2D eigenvalue weighted by molar-refractivity contribution is 0.0673. The van der Waals surface area contributed by atoms with Crippen molar-refractivity contribution in [3.8, 4) is 5.75 Å². The highest BCUT2D eigenvalue weighted by Crippen LogP contribution is 2.28. The van der Waals surface area contributed by atoms with Crippen LogP contribution in [0.15, 0.2) is 18.2 Å². The number of β-amino-alcohol motifs (C(OH)–C–C–N with tert-alkyl or cyclic N) is 1. The molecule has 1 N–H and O–H groups in total. The van der Waals surface area contributed by atoms with E-state index >= 15 is 0 Å². The molecular weight excluding hydrogens is 285 g/mol. The molecule has 0 amide bonds. The van der Waals surface area contributed by atoms with Gasteiger partial charge in [-0.05, 0) is 31.9 Å². The third-order valence-electron chi connectivity index (χ3n) is 3.25. The van der Waals surface area contributed by atoms with Crippen molar-refractivity contribution in [3.63, 3.8) is 0 Å². The highest BCUT2D eigenvalue weighted by atomic mass is 35.5. The van der Waals surface area contributed by atoms with Crippen LogP contribution < -0.4 is 4.74 Å². The molecule has 1 aliphatic heterocycles. The quantitative estimate of drug-likeness (QED) is 0.927. The topological polar surface area (TPSA) is 32.7 Å². The van der Waals surface area contributed by atoms with Gasteiger partial charge in [-0.25, -0.2) is 0 Å². The normalized spacial score (nSPS) is 19.4. The Balaban J connectivity index is 1.83. The van der Waals surface area contributed by atoms with Gasteiger partial charge in [0.25, 0.3) is 0 Å². The Labute approximate surface area is 124 Å². The van der Waals surface area contributed by atoms with E-state index in [4.69, 9.17) is 27.9 Å². The Kier molecular flexibility index (Phi) is 5.34. The van der Waals surface area contributed by atoms with Crippen molar-refractivity contribution in [2.24, 2.45) is 0 Å². The molecule has 1 aromatic rings. The van der Waals surface area contributed by atoms with Crippen molar-refractivity contribution in [2.45, 2.75) is 32.0 Å². The lowest BCUT2D eigenvalue weighted by Crippen LogP contribution is -2.41. The summed E-state index contributed by atoms with van der Waals surface area (Å²) < 4.78 is 5.91. The molecular formula is C14H19Cl2NO2. The predicted octanol–water partition coefficient (Wildman–Crippen LogP) is 3.22. The molecule has 3 nitrogen and oxygen atoms in total. The minimum Gasteiger partial charge on any atom is -0.490 e. The first-order chi connectivity index (χ1) is 9.04. The number of aliphatic hydroxyl groups is 1. The van der Waals surface area contributed by atoms with Gasteiger partial charge in [-0.2, -0.15) is 0 Å². The molecule has 1 unspecified atom stereocenters. The molecule has 0 aliphatic carbocycles. The van der Waals surface area contributed by atoms with Gasteiger partial charge in [0.2, 0.25) is 0 Å². The molecule has 19 heavy (non-hydrogen) atoms. The Hall–Kier alpha value is -0.480. The third kappa shape index (κ3) is 4.53. The maximum Gasteiger partial charge on any atom is 0.121 e. The van der Waals surface area contributed by atoms with E-state index in [2.05, 4.69) is 4.90 Å². The summed E-state index contributed by atoms with van der Waals surface area (Å²) in [5.41, 5.74) is 0. The van der Waals surface area contributed by atoms with Gasteiger partial charge in [-0.3, -0.25) is 0 Å². The van der Waals surface area contributed by atoms with Crippen molar-refractivity contribution in [1.29, 1.82) is 0 Å². The van der Waals surface area contributed by atoms with Crippen LogP contribution in [0, 0.1) is 0 Å². The maximum absolute atomic E-state index is 9.36. The van der Waals surface area contributed by atoms with Crippen LogP contribution in [0.3, 0.4) is 0 Å². The molecule has 0 aromatic heterocycles. The Morgan fingerprint density at radius 2 is 2.00 bits per heavy atom. The van der Waals surface area contributed by atoms with E-state index < -0.39 is 0 Å². The first-order valence-corrected chi connectivity index (χ1v) is 7.32. The number of rotatable bonds is 4. The summed E-state index contributed by atoms with van der Waals surface area (Å²) in [6, 6.07) is 5.35. The zero-order valence-electron chi connectivity index (χ0n) is 11.0. The summed E-state index contributed by atoms with van der Waals surface area (Å²) in [7, 11) is 0. The Bertz CT molecular complexity index is 418. The van der Waals surface area contributed by atoms with E-state index in [9.17, 15) is 5.11 Å². The second-order valence-electron chi connectivity index (χ2n) is 5.04. The van der Waals surface area contributed by atoms with Crippen LogP contribution in [0.25, 0.3) is 0 Å². The van der Waals surface area contributed by atoms with Crippen LogP contribution >= 0.6 is 23.2 Å². The lowest BCUT2D eigenvalue weighted by Gasteiger charge is -2.32. The van der Waals surface area contributed by atoms with Gasteiger partial charge >= 0.3 is 0 Å². The smallest absolute Gasteiger partial charge is 0.121 e. The van der Waals surface area contributed by atoms with E-state index in [1.165, 1.54) is 0 Å². The highest BCUT2D eigenvalue weighted by Gasteiger charge is 2.21. The Morgan fingerprint density at radius 1 is 1.32 bits per heavy atom. The standard InChI is InChI=1S/C14H19Cl2NO2/c1-10(18)9-17-6-4-11(5-7-17)19-12-2-3-13(15)14(16)8-12/h2-3,8,10-11,18H,4-7,9H2,1H3. The molecule has 0 spiro atoms. The molecule has 0 radical (unpaired) electrons. The van der Waals surface area contributed by atoms with Gasteiger partial charge in [-0.15, -0.1) is 0 Å². The van der Waals surface area contributed by atoms with Crippen LogP contribution in [0.4, 0.5) is 0 Å². The maximum atomic E-state index is 9.36. The van der Waals surface area contributed by atoms with Gasteiger partial charge in [0.15, 0.2) is 0 Å². The Morgan fingerprint density at radius 3 is 2.58 bits per heavy atom. The van der Waals surface area contributed by atoms with Crippen molar-refractivity contribution >= 4 is 23.2 Å². The number of aliphatic hydroxyl groups excluding tert-OH is 1. The fourth-order valence-electron chi connectivity index (χ4n) is 2.33. The van der Waals surface area contributed by atoms with Gasteiger partial charge in [0, 0.05) is 25.7 Å². The van der Waals surface area contributed by atoms with Gasteiger partial charge in [0.05, 0.1) is 16.1 Å². The zero-order chi connectivity index (χ0) is 13.8. The SMILES string of the molecule is CC(O)CN1CCC(Oc2ccc(Cl)c(Cl)c2)CC1. The molecule has 1 fully saturated rings. The van der Waals surface area contributed by atoms with Crippen molar-refractivity contribution in [1.82, 2.24) is 4.90 Å². The average Bonchev–Trinajstić information content (AvgIpc) is 2.36. The average molecular weight is 304 g/mol. The van der Waals surface area contributed by atoms with Crippen LogP contribution in [0.1, 0.15) is 19.8 Å². The van der Waals surface area contributed by atoms with E-state index in [-0.39, 0.29) is 12.2 Å². The fourth-order valence-corrected chi connectivity index (χ4v) is 2.61. The summed E-state index contributed by atoms with van der Waals surface area (Å²) in [6.45, 7) is 4.46. The highest BCUT2D eigenvalue weighted by molar-refractivity contribution is 6.42. The minimum absolute atomic E-state index is 0.211. The number of halogens is 2. The van der Waals surface area contributed by atoms with Crippen LogP contribution in [-0.4, -0.2) is 41.8 Å². The first-order valence-electron chi connectivity index (χ1n) is 6.56. The number of likely N-dealkylation sites (tertiary alicyclic amines) is 1. The fraction of sp³-hybridized carbons (Fsp3) is 0.571. The summed E-state index contributed by atoms with van der Waals surface area (Å²) in [5.74, 6) is 0.767. The minimum atomic E-state index is -0.271. The van der Waals surface area contributed by atoms with Gasteiger partial charge < -0.3 is 14.7 Å². The molecule has 5 heteroatoms. The predicted molar refractivity (Wildman–Crippen MR) is 78.2 cm³/mol. The van der Waals surface area contributed by atoms with E-state index in [0.717, 1.165) is 38.2 Å². The number of benzene rings is 1. The van der Waals surface area contributed by atoms with Crippen LogP contribution in [-0.2, 0) is 0 Å². The zero-order valence-corrected chi connectivity index (χ0v) is 12.5. The number of hydrogen-bond donors (Lipinski definition) is 1. The second-order valence-corrected chi connectivity index (χ2v) is 5.86. The summed E-state index contributed by atoms with van der Waals surface area (Å²) in [4.78, 5) is 2.26. The van der Waals surface area contributed by atoms with Crippen molar-refractivity contribution in [3.05, 3.63) is 28.2 Å². The molecule has 1 aromatic carbocycles. The molecule has 0 bridgehead atoms. The molecule has 1 saturated heterocycles. The third-order valence-corrected chi connectivity index (χ3v) is 3.99. The number of hydrogen-bond acceptors (Lipinski definition) is 3. The molecule has 106 valence electrons. The largest absolute Gasteiger partial charge is 0.490 e. The summed E-state index contributed by atoms with van der Waals surface area (Å²) in [5, 5.41) is 10.4.